The van der Waals surface area contributed by atoms with Crippen molar-refractivity contribution in [2.45, 2.75) is 37.6 Å². The summed E-state index contributed by atoms with van der Waals surface area (Å²) in [6, 6.07) is 6.68. The van der Waals surface area contributed by atoms with Crippen LogP contribution in [0, 0.1) is 0 Å². The Hall–Kier alpha value is -3.45. The maximum Gasteiger partial charge on any atom is 0.258 e. The van der Waals surface area contributed by atoms with Crippen molar-refractivity contribution in [1.82, 2.24) is 34.5 Å². The molecule has 2 saturated heterocycles. The van der Waals surface area contributed by atoms with Gasteiger partial charge < -0.3 is 14.8 Å². The Morgan fingerprint density at radius 2 is 2.08 bits per heavy atom. The highest BCUT2D eigenvalue weighted by Gasteiger charge is 2.46. The number of fused-ring (bicyclic) bond motifs is 2. The van der Waals surface area contributed by atoms with Crippen LogP contribution in [0.2, 0.25) is 0 Å². The van der Waals surface area contributed by atoms with E-state index < -0.39 is 25.2 Å². The van der Waals surface area contributed by atoms with Crippen molar-refractivity contribution in [2.24, 2.45) is 0 Å². The van der Waals surface area contributed by atoms with E-state index in [9.17, 15) is 13.2 Å². The molecule has 0 unspecified atom stereocenters. The Morgan fingerprint density at radius 3 is 2.81 bits per heavy atom. The molecule has 0 aliphatic carbocycles. The molecule has 2 fully saturated rings. The molecule has 0 spiro atoms. The summed E-state index contributed by atoms with van der Waals surface area (Å²) in [6.07, 6.45) is -1.88. The fourth-order valence-corrected chi connectivity index (χ4v) is 4.91. The van der Waals surface area contributed by atoms with Gasteiger partial charge in [-0.25, -0.2) is 22.4 Å². The standard InChI is InChI=1S/C23H25F3N8O2/c1-23(11-36-12-23)32-8-15(24)17(9-32)27-22-28-21(35-2)20-14(5-6-33(20)30-22)13-3-4-16-18(7-13)34(31-29-16)10-19(25)26/h3-7,15,17,19H,8-12H2,1-2H3,(H,27,30)/t15-,17+/m1/s1. The molecule has 4 aromatic rings. The maximum absolute atomic E-state index is 14.9. The third-order valence-electron chi connectivity index (χ3n) is 6.96. The Bertz CT molecular complexity index is 1420. The van der Waals surface area contributed by atoms with Crippen molar-refractivity contribution in [3.8, 4) is 17.0 Å². The monoisotopic (exact) mass is 502 g/mol. The number of halogens is 3. The molecular weight excluding hydrogens is 477 g/mol. The topological polar surface area (TPSA) is 94.6 Å². The van der Waals surface area contributed by atoms with E-state index in [4.69, 9.17) is 9.47 Å². The summed E-state index contributed by atoms with van der Waals surface area (Å²) in [6.45, 7) is 3.57. The maximum atomic E-state index is 14.9. The third-order valence-corrected chi connectivity index (χ3v) is 6.96. The van der Waals surface area contributed by atoms with Crippen molar-refractivity contribution in [2.75, 3.05) is 38.7 Å². The van der Waals surface area contributed by atoms with Crippen LogP contribution < -0.4 is 10.1 Å². The lowest BCUT2D eigenvalue weighted by molar-refractivity contribution is -0.124. The van der Waals surface area contributed by atoms with E-state index in [1.54, 1.807) is 22.8 Å². The summed E-state index contributed by atoms with van der Waals surface area (Å²) < 4.78 is 54.5. The average Bonchev–Trinajstić information content (AvgIpc) is 3.54. The number of hydrogen-bond donors (Lipinski definition) is 1. The van der Waals surface area contributed by atoms with Crippen LogP contribution in [-0.2, 0) is 11.3 Å². The summed E-state index contributed by atoms with van der Waals surface area (Å²) in [5.74, 6) is 0.553. The molecule has 0 amide bonds. The van der Waals surface area contributed by atoms with Gasteiger partial charge in [0.15, 0.2) is 0 Å². The van der Waals surface area contributed by atoms with Gasteiger partial charge in [-0.05, 0) is 30.7 Å². The fourth-order valence-electron chi connectivity index (χ4n) is 4.91. The molecule has 0 bridgehead atoms. The number of benzene rings is 1. The second kappa shape index (κ2) is 8.59. The summed E-state index contributed by atoms with van der Waals surface area (Å²) >= 11 is 0. The number of rotatable bonds is 7. The SMILES string of the molecule is COc1nc(N[C@H]2CN(C3(C)COC3)C[C@H]2F)nn2ccc(-c3ccc4nnn(CC(F)F)c4c3)c12. The van der Waals surface area contributed by atoms with Crippen LogP contribution in [0.5, 0.6) is 5.88 Å². The van der Waals surface area contributed by atoms with E-state index in [0.29, 0.717) is 48.7 Å². The number of likely N-dealkylation sites (tertiary alicyclic amines) is 1. The molecule has 36 heavy (non-hydrogen) atoms. The van der Waals surface area contributed by atoms with Crippen LogP contribution >= 0.6 is 0 Å². The van der Waals surface area contributed by atoms with Crippen molar-refractivity contribution in [3.63, 3.8) is 0 Å². The fraction of sp³-hybridized carbons (Fsp3) is 0.478. The van der Waals surface area contributed by atoms with Gasteiger partial charge in [0.05, 0.1) is 37.4 Å². The molecule has 1 aromatic carbocycles. The number of nitrogens with zero attached hydrogens (tertiary/aromatic N) is 7. The summed E-state index contributed by atoms with van der Waals surface area (Å²) in [5, 5.41) is 15.5. The Labute approximate surface area is 204 Å². The molecule has 0 radical (unpaired) electrons. The molecule has 1 N–H and O–H groups in total. The van der Waals surface area contributed by atoms with Gasteiger partial charge in [-0.1, -0.05) is 11.3 Å². The van der Waals surface area contributed by atoms with Crippen LogP contribution in [0.4, 0.5) is 19.1 Å². The predicted octanol–water partition coefficient (Wildman–Crippen LogP) is 2.64. The third kappa shape index (κ3) is 3.82. The summed E-state index contributed by atoms with van der Waals surface area (Å²) in [4.78, 5) is 6.61. The normalized spacial score (nSPS) is 21.9. The molecular formula is C23H25F3N8O2. The van der Waals surface area contributed by atoms with Crippen molar-refractivity contribution in [1.29, 1.82) is 0 Å². The Morgan fingerprint density at radius 1 is 1.25 bits per heavy atom. The van der Waals surface area contributed by atoms with Crippen LogP contribution in [-0.4, -0.2) is 92.1 Å². The first kappa shape index (κ1) is 23.0. The molecule has 2 atom stereocenters. The van der Waals surface area contributed by atoms with Crippen LogP contribution in [0.15, 0.2) is 30.5 Å². The average molecular weight is 503 g/mol. The van der Waals surface area contributed by atoms with Gasteiger partial charge in [-0.2, -0.15) is 4.98 Å². The van der Waals surface area contributed by atoms with Crippen LogP contribution in [0.3, 0.4) is 0 Å². The number of nitrogens with one attached hydrogen (secondary N) is 1. The number of ether oxygens (including phenoxy) is 2. The number of anilines is 1. The first-order chi connectivity index (χ1) is 17.3. The lowest BCUT2D eigenvalue weighted by Crippen LogP contribution is -2.59. The Balaban J connectivity index is 1.31. The highest BCUT2D eigenvalue weighted by molar-refractivity contribution is 5.89. The molecule has 3 aromatic heterocycles. The van der Waals surface area contributed by atoms with E-state index in [1.807, 2.05) is 12.1 Å². The highest BCUT2D eigenvalue weighted by Crippen LogP contribution is 2.34. The molecule has 2 aliphatic rings. The largest absolute Gasteiger partial charge is 0.479 e. The minimum Gasteiger partial charge on any atom is -0.479 e. The quantitative estimate of drug-likeness (QED) is 0.412. The second-order valence-electron chi connectivity index (χ2n) is 9.49. The lowest BCUT2D eigenvalue weighted by Gasteiger charge is -2.45. The smallest absolute Gasteiger partial charge is 0.258 e. The van der Waals surface area contributed by atoms with Gasteiger partial charge in [0.25, 0.3) is 6.43 Å². The first-order valence-electron chi connectivity index (χ1n) is 11.6. The van der Waals surface area contributed by atoms with Gasteiger partial charge >= 0.3 is 0 Å². The minimum atomic E-state index is -2.55. The zero-order valence-electron chi connectivity index (χ0n) is 19.7. The Kier molecular flexibility index (Phi) is 5.48. The van der Waals surface area contributed by atoms with Crippen LogP contribution in [0.1, 0.15) is 6.92 Å². The second-order valence-corrected chi connectivity index (χ2v) is 9.49. The zero-order valence-corrected chi connectivity index (χ0v) is 19.7. The summed E-state index contributed by atoms with van der Waals surface area (Å²) in [7, 11) is 1.50. The lowest BCUT2D eigenvalue weighted by atomic mass is 9.99. The van der Waals surface area contributed by atoms with Crippen molar-refractivity contribution >= 4 is 22.5 Å². The van der Waals surface area contributed by atoms with Gasteiger partial charge in [-0.3, -0.25) is 4.90 Å². The van der Waals surface area contributed by atoms with Crippen molar-refractivity contribution in [3.05, 3.63) is 30.5 Å². The predicted molar refractivity (Wildman–Crippen MR) is 125 cm³/mol. The van der Waals surface area contributed by atoms with E-state index in [2.05, 4.69) is 37.5 Å². The molecule has 10 nitrogen and oxygen atoms in total. The molecule has 190 valence electrons. The molecule has 13 heteroatoms. The van der Waals surface area contributed by atoms with E-state index >= 15 is 0 Å². The number of methoxy groups -OCH3 is 1. The minimum absolute atomic E-state index is 0.139. The highest BCUT2D eigenvalue weighted by atomic mass is 19.3. The van der Waals surface area contributed by atoms with Gasteiger partial charge in [0.2, 0.25) is 11.8 Å². The van der Waals surface area contributed by atoms with Crippen LogP contribution in [0.25, 0.3) is 27.7 Å². The van der Waals surface area contributed by atoms with E-state index in [-0.39, 0.29) is 11.5 Å². The van der Waals surface area contributed by atoms with Gasteiger partial charge in [0, 0.05) is 24.8 Å². The van der Waals surface area contributed by atoms with Gasteiger partial charge in [-0.15, -0.1) is 10.2 Å². The zero-order chi connectivity index (χ0) is 25.0. The number of aromatic nitrogens is 6. The van der Waals surface area contributed by atoms with E-state index in [1.165, 1.54) is 11.8 Å². The summed E-state index contributed by atoms with van der Waals surface area (Å²) in [5.41, 5.74) is 2.97. The van der Waals surface area contributed by atoms with Crippen molar-refractivity contribution < 1.29 is 22.6 Å². The molecule has 0 saturated carbocycles. The van der Waals surface area contributed by atoms with Gasteiger partial charge in [0.1, 0.15) is 23.7 Å². The number of alkyl halides is 3. The molecule has 5 heterocycles. The van der Waals surface area contributed by atoms with E-state index in [0.717, 1.165) is 11.1 Å². The number of hydrogen-bond acceptors (Lipinski definition) is 8. The first-order valence-corrected chi connectivity index (χ1v) is 11.6. The molecule has 2 aliphatic heterocycles. The molecule has 6 rings (SSSR count).